The molecule has 2 amide bonds. The van der Waals surface area contributed by atoms with Gasteiger partial charge in [0.1, 0.15) is 5.75 Å². The summed E-state index contributed by atoms with van der Waals surface area (Å²) in [5.41, 5.74) is 1.95. The van der Waals surface area contributed by atoms with E-state index in [0.717, 1.165) is 29.7 Å². The van der Waals surface area contributed by atoms with Crippen molar-refractivity contribution in [3.05, 3.63) is 117 Å². The predicted molar refractivity (Wildman–Crippen MR) is 213 cm³/mol. The number of ether oxygens (including phenoxy) is 2. The number of carbonyl (C=O) groups is 2. The van der Waals surface area contributed by atoms with Gasteiger partial charge in [0, 0.05) is 23.0 Å². The van der Waals surface area contributed by atoms with Gasteiger partial charge < -0.3 is 24.4 Å². The molecule has 1 spiro atoms. The summed E-state index contributed by atoms with van der Waals surface area (Å²) in [6.07, 6.45) is 1.14. The van der Waals surface area contributed by atoms with Gasteiger partial charge in [-0.15, -0.1) is 0 Å². The van der Waals surface area contributed by atoms with Gasteiger partial charge in [-0.05, 0) is 78.5 Å². The van der Waals surface area contributed by atoms with E-state index in [-0.39, 0.29) is 54.4 Å². The number of H-pyrrole nitrogens is 1. The molecule has 5 atom stereocenters. The van der Waals surface area contributed by atoms with Gasteiger partial charge in [0.05, 0.1) is 69.2 Å². The standard InChI is InChI=1S/C42H45ClN4O6Si/c1-26-39(54(3,4)32-17-15-31(52-2)16-18-32)37(23-38(49)45-20-8-11-30(45)25-48)53-42(26)34-22-28(43)14-19-36(34)46(41(42)51)24-27-9-7-10-29(21-27)47-40(50)33-12-5-6-13-35(33)44-47/h5-7,9-10,12-19,21-22,26,30,37,39,44,48H,8,11,20,23-25H2,1-4H3/t26-,30-,37+,39-,42+/m0/s1. The van der Waals surface area contributed by atoms with Crippen LogP contribution in [0.5, 0.6) is 5.75 Å². The Morgan fingerprint density at radius 1 is 1.04 bits per heavy atom. The molecule has 0 radical (unpaired) electrons. The second-order valence-electron chi connectivity index (χ2n) is 15.4. The zero-order valence-electron chi connectivity index (χ0n) is 30.9. The van der Waals surface area contributed by atoms with Gasteiger partial charge in [0.25, 0.3) is 11.5 Å². The molecule has 2 fully saturated rings. The van der Waals surface area contributed by atoms with E-state index in [0.29, 0.717) is 33.9 Å². The van der Waals surface area contributed by atoms with E-state index >= 15 is 4.79 Å². The van der Waals surface area contributed by atoms with Gasteiger partial charge in [-0.25, -0.2) is 4.68 Å². The van der Waals surface area contributed by atoms with Crippen LogP contribution >= 0.6 is 11.6 Å². The van der Waals surface area contributed by atoms with Crippen molar-refractivity contribution in [2.24, 2.45) is 5.92 Å². The molecule has 0 aliphatic carbocycles. The Morgan fingerprint density at radius 2 is 1.81 bits per heavy atom. The molecule has 3 aliphatic heterocycles. The molecule has 8 rings (SSSR count). The third-order valence-electron chi connectivity index (χ3n) is 12.2. The van der Waals surface area contributed by atoms with E-state index in [1.165, 1.54) is 9.87 Å². The lowest BCUT2D eigenvalue weighted by molar-refractivity contribution is -0.150. The van der Waals surface area contributed by atoms with Crippen molar-refractivity contribution in [1.82, 2.24) is 14.7 Å². The van der Waals surface area contributed by atoms with Crippen LogP contribution < -0.4 is 20.4 Å². The summed E-state index contributed by atoms with van der Waals surface area (Å²) in [5, 5.41) is 15.5. The van der Waals surface area contributed by atoms with Gasteiger partial charge >= 0.3 is 0 Å². The summed E-state index contributed by atoms with van der Waals surface area (Å²) in [6, 6.07) is 28.4. The lowest BCUT2D eigenvalue weighted by atomic mass is 9.82. The number of anilines is 1. The van der Waals surface area contributed by atoms with E-state index in [2.05, 4.69) is 37.2 Å². The molecule has 10 nitrogen and oxygen atoms in total. The van der Waals surface area contributed by atoms with Crippen molar-refractivity contribution < 1.29 is 24.2 Å². The minimum atomic E-state index is -2.50. The zero-order valence-corrected chi connectivity index (χ0v) is 32.7. The smallest absolute Gasteiger partial charge is 0.279 e. The number of benzene rings is 4. The van der Waals surface area contributed by atoms with Gasteiger partial charge in [-0.1, -0.05) is 73.2 Å². The first-order valence-corrected chi connectivity index (χ1v) is 22.1. The number of methoxy groups -OCH3 is 1. The van der Waals surface area contributed by atoms with Crippen molar-refractivity contribution in [2.45, 2.75) is 69.1 Å². The van der Waals surface area contributed by atoms with E-state index in [1.807, 2.05) is 66.7 Å². The van der Waals surface area contributed by atoms with Crippen LogP contribution in [0, 0.1) is 5.92 Å². The molecule has 3 aliphatic rings. The van der Waals surface area contributed by atoms with Crippen LogP contribution in [0.25, 0.3) is 16.6 Å². The van der Waals surface area contributed by atoms with Crippen LogP contribution in [-0.4, -0.2) is 72.1 Å². The number of nitrogens with zero attached hydrogens (tertiary/aromatic N) is 3. The summed E-state index contributed by atoms with van der Waals surface area (Å²) < 4.78 is 14.2. The van der Waals surface area contributed by atoms with Gasteiger partial charge in [0.2, 0.25) is 5.91 Å². The fraction of sp³-hybridized carbons (Fsp3) is 0.357. The van der Waals surface area contributed by atoms with Crippen molar-refractivity contribution in [2.75, 3.05) is 25.2 Å². The highest BCUT2D eigenvalue weighted by Crippen LogP contribution is 2.60. The maximum Gasteiger partial charge on any atom is 0.279 e. The van der Waals surface area contributed by atoms with E-state index < -0.39 is 19.8 Å². The molecule has 0 saturated carbocycles. The molecule has 4 heterocycles. The average Bonchev–Trinajstić information content (AvgIpc) is 3.92. The van der Waals surface area contributed by atoms with Gasteiger partial charge in [-0.3, -0.25) is 19.5 Å². The molecule has 12 heteroatoms. The number of fused-ring (bicyclic) bond motifs is 3. The van der Waals surface area contributed by atoms with Crippen molar-refractivity contribution in [1.29, 1.82) is 0 Å². The van der Waals surface area contributed by atoms with Crippen LogP contribution in [0.1, 0.15) is 37.3 Å². The molecular formula is C42H45ClN4O6Si. The number of aromatic nitrogens is 2. The van der Waals surface area contributed by atoms with Crippen molar-refractivity contribution in [3.63, 3.8) is 0 Å². The number of hydrogen-bond acceptors (Lipinski definition) is 6. The maximum atomic E-state index is 15.3. The SMILES string of the molecule is COc1ccc([Si](C)(C)[C@@H]2[C@@H](CC(=O)N3CCC[C@H]3CO)O[C@]3(C(=O)N(Cc4cccc(-n5[nH]c6ccccc6c5=O)c4)c4ccc(Cl)cc43)[C@H]2C)cc1. The highest BCUT2D eigenvalue weighted by atomic mass is 35.5. The number of likely N-dealkylation sites (tertiary alicyclic amines) is 1. The molecule has 0 unspecified atom stereocenters. The fourth-order valence-corrected chi connectivity index (χ4v) is 13.7. The Labute approximate surface area is 320 Å². The van der Waals surface area contributed by atoms with Crippen LogP contribution in [0.15, 0.2) is 95.8 Å². The lowest BCUT2D eigenvalue weighted by Crippen LogP contribution is -2.52. The number of aliphatic hydroxyl groups excluding tert-OH is 1. The zero-order chi connectivity index (χ0) is 37.9. The number of hydrogen-bond donors (Lipinski definition) is 2. The van der Waals surface area contributed by atoms with Crippen LogP contribution in [-0.2, 0) is 26.5 Å². The number of carbonyl (C=O) groups excluding carboxylic acids is 2. The normalized spacial score (nSPS) is 23.9. The van der Waals surface area contributed by atoms with Crippen LogP contribution in [0.2, 0.25) is 23.7 Å². The molecule has 280 valence electrons. The fourth-order valence-electron chi connectivity index (χ4n) is 9.50. The number of halogens is 1. The monoisotopic (exact) mass is 764 g/mol. The summed E-state index contributed by atoms with van der Waals surface area (Å²) in [4.78, 5) is 46.2. The number of para-hydroxylation sites is 1. The minimum absolute atomic E-state index is 0.0667. The van der Waals surface area contributed by atoms with E-state index in [4.69, 9.17) is 21.1 Å². The van der Waals surface area contributed by atoms with E-state index in [1.54, 1.807) is 29.0 Å². The summed E-state index contributed by atoms with van der Waals surface area (Å²) in [5.74, 6) is 0.171. The third kappa shape index (κ3) is 5.80. The number of amides is 2. The van der Waals surface area contributed by atoms with Crippen LogP contribution in [0.3, 0.4) is 0 Å². The predicted octanol–water partition coefficient (Wildman–Crippen LogP) is 6.12. The third-order valence-corrected chi connectivity index (χ3v) is 16.8. The van der Waals surface area contributed by atoms with Gasteiger partial charge in [-0.2, -0.15) is 0 Å². The number of aliphatic hydroxyl groups is 1. The topological polar surface area (TPSA) is 117 Å². The lowest BCUT2D eigenvalue weighted by Gasteiger charge is -2.37. The summed E-state index contributed by atoms with van der Waals surface area (Å²) in [6.45, 7) is 7.41. The molecule has 2 N–H and O–H groups in total. The second kappa shape index (κ2) is 13.9. The average molecular weight is 765 g/mol. The minimum Gasteiger partial charge on any atom is -0.497 e. The van der Waals surface area contributed by atoms with Crippen molar-refractivity contribution >= 4 is 53.3 Å². The molecule has 2 saturated heterocycles. The Kier molecular flexibility index (Phi) is 9.32. The Bertz CT molecular complexity index is 2310. The molecule has 1 aromatic heterocycles. The molecule has 0 bridgehead atoms. The van der Waals surface area contributed by atoms with Crippen molar-refractivity contribution in [3.8, 4) is 11.4 Å². The Balaban J connectivity index is 1.19. The Morgan fingerprint density at radius 3 is 2.56 bits per heavy atom. The van der Waals surface area contributed by atoms with Gasteiger partial charge in [0.15, 0.2) is 5.60 Å². The number of rotatable bonds is 9. The van der Waals surface area contributed by atoms with Crippen LogP contribution in [0.4, 0.5) is 5.69 Å². The Hall–Kier alpha value is -4.68. The summed E-state index contributed by atoms with van der Waals surface area (Å²) in [7, 11) is -0.854. The van der Waals surface area contributed by atoms with E-state index in [9.17, 15) is 14.7 Å². The maximum absolute atomic E-state index is 15.3. The second-order valence-corrected chi connectivity index (χ2v) is 20.6. The first-order valence-electron chi connectivity index (χ1n) is 18.6. The highest BCUT2D eigenvalue weighted by molar-refractivity contribution is 6.91. The molecule has 54 heavy (non-hydrogen) atoms. The summed E-state index contributed by atoms with van der Waals surface area (Å²) >= 11 is 6.71. The number of aromatic amines is 1. The quantitative estimate of drug-likeness (QED) is 0.175. The molecular weight excluding hydrogens is 720 g/mol. The number of nitrogens with one attached hydrogen (secondary N) is 1. The largest absolute Gasteiger partial charge is 0.497 e. The molecule has 4 aromatic carbocycles. The first-order chi connectivity index (χ1) is 26.0. The molecule has 5 aromatic rings. The highest BCUT2D eigenvalue weighted by Gasteiger charge is 2.66. The first kappa shape index (κ1) is 36.3.